The van der Waals surface area contributed by atoms with Gasteiger partial charge in [0.15, 0.2) is 0 Å². The lowest BCUT2D eigenvalue weighted by molar-refractivity contribution is 0.170. The van der Waals surface area contributed by atoms with Gasteiger partial charge in [-0.3, -0.25) is 4.98 Å². The summed E-state index contributed by atoms with van der Waals surface area (Å²) in [4.78, 5) is 11.3. The Hall–Kier alpha value is -2.20. The molecule has 4 nitrogen and oxygen atoms in total. The topological polar surface area (TPSA) is 61.8 Å². The maximum absolute atomic E-state index is 10.1. The highest BCUT2D eigenvalue weighted by Gasteiger charge is 2.12. The fourth-order valence-corrected chi connectivity index (χ4v) is 2.10. The zero-order valence-electron chi connectivity index (χ0n) is 9.74. The fraction of sp³-hybridized carbons (Fsp3) is 0.143. The molecule has 0 saturated heterocycles. The Labute approximate surface area is 104 Å². The first kappa shape index (κ1) is 10.9. The highest BCUT2D eigenvalue weighted by molar-refractivity contribution is 5.81. The van der Waals surface area contributed by atoms with E-state index in [-0.39, 0.29) is 0 Å². The molecule has 1 atom stereocenters. The van der Waals surface area contributed by atoms with Crippen molar-refractivity contribution in [2.75, 3.05) is 0 Å². The first-order valence-electron chi connectivity index (χ1n) is 5.84. The number of aliphatic hydroxyl groups is 1. The molecule has 0 aliphatic rings. The van der Waals surface area contributed by atoms with Crippen LogP contribution in [-0.2, 0) is 6.42 Å². The second-order valence-corrected chi connectivity index (χ2v) is 4.18. The van der Waals surface area contributed by atoms with Gasteiger partial charge in [0.05, 0.1) is 5.52 Å². The van der Waals surface area contributed by atoms with E-state index >= 15 is 0 Å². The Kier molecular flexibility index (Phi) is 2.78. The minimum atomic E-state index is -0.620. The molecule has 0 spiro atoms. The van der Waals surface area contributed by atoms with E-state index < -0.39 is 6.10 Å². The van der Waals surface area contributed by atoms with Crippen molar-refractivity contribution < 1.29 is 5.11 Å². The number of aromatic nitrogens is 3. The van der Waals surface area contributed by atoms with Crippen molar-refractivity contribution in [3.8, 4) is 0 Å². The number of nitrogens with zero attached hydrogens (tertiary/aromatic N) is 2. The van der Waals surface area contributed by atoms with Crippen LogP contribution in [0.1, 0.15) is 17.5 Å². The Morgan fingerprint density at radius 2 is 2.00 bits per heavy atom. The van der Waals surface area contributed by atoms with Gasteiger partial charge >= 0.3 is 0 Å². The molecule has 1 aromatic carbocycles. The molecule has 2 aromatic heterocycles. The summed E-state index contributed by atoms with van der Waals surface area (Å²) in [5.41, 5.74) is 2.02. The molecule has 0 aliphatic carbocycles. The molecule has 0 radical (unpaired) electrons. The van der Waals surface area contributed by atoms with Crippen molar-refractivity contribution in [3.63, 3.8) is 0 Å². The second-order valence-electron chi connectivity index (χ2n) is 4.18. The number of aliphatic hydroxyl groups excluding tert-OH is 1. The van der Waals surface area contributed by atoms with Gasteiger partial charge in [-0.15, -0.1) is 0 Å². The zero-order chi connectivity index (χ0) is 12.4. The van der Waals surface area contributed by atoms with Crippen LogP contribution in [0.15, 0.2) is 48.9 Å². The van der Waals surface area contributed by atoms with Crippen LogP contribution in [0.4, 0.5) is 0 Å². The summed E-state index contributed by atoms with van der Waals surface area (Å²) in [5.74, 6) is 0.593. The predicted molar refractivity (Wildman–Crippen MR) is 69.0 cm³/mol. The Bertz CT molecular complexity index is 644. The van der Waals surface area contributed by atoms with E-state index in [0.29, 0.717) is 12.2 Å². The molecule has 0 fully saturated rings. The van der Waals surface area contributed by atoms with Crippen LogP contribution in [0.2, 0.25) is 0 Å². The van der Waals surface area contributed by atoms with Gasteiger partial charge in [0.25, 0.3) is 0 Å². The highest BCUT2D eigenvalue weighted by atomic mass is 16.3. The first-order chi connectivity index (χ1) is 8.84. The molecule has 0 saturated carbocycles. The summed E-state index contributed by atoms with van der Waals surface area (Å²) in [6, 6.07) is 9.87. The SMILES string of the molecule is OC(Cc1ccnc2ccccc12)c1ncc[nH]1. The standard InChI is InChI=1S/C14H13N3O/c18-13(14-16-7-8-17-14)9-10-5-6-15-12-4-2-1-3-11(10)12/h1-8,13,18H,9H2,(H,16,17). The quantitative estimate of drug-likeness (QED) is 0.736. The monoisotopic (exact) mass is 239 g/mol. The lowest BCUT2D eigenvalue weighted by atomic mass is 10.0. The van der Waals surface area contributed by atoms with Crippen molar-refractivity contribution >= 4 is 10.9 Å². The molecule has 3 rings (SSSR count). The number of hydrogen-bond donors (Lipinski definition) is 2. The van der Waals surface area contributed by atoms with Gasteiger partial charge in [-0.25, -0.2) is 4.98 Å². The molecule has 0 amide bonds. The number of pyridine rings is 1. The summed E-state index contributed by atoms with van der Waals surface area (Å²) in [5, 5.41) is 11.2. The van der Waals surface area contributed by atoms with Crippen molar-refractivity contribution in [2.45, 2.75) is 12.5 Å². The molecule has 3 aromatic rings. The van der Waals surface area contributed by atoms with Crippen LogP contribution in [0.3, 0.4) is 0 Å². The number of H-pyrrole nitrogens is 1. The van der Waals surface area contributed by atoms with Gasteiger partial charge in [0, 0.05) is 30.4 Å². The van der Waals surface area contributed by atoms with Crippen LogP contribution in [0.25, 0.3) is 10.9 Å². The van der Waals surface area contributed by atoms with Gasteiger partial charge in [-0.05, 0) is 17.7 Å². The fourth-order valence-electron chi connectivity index (χ4n) is 2.10. The van der Waals surface area contributed by atoms with E-state index in [1.54, 1.807) is 18.6 Å². The smallest absolute Gasteiger partial charge is 0.135 e. The van der Waals surface area contributed by atoms with E-state index in [2.05, 4.69) is 15.0 Å². The molecule has 90 valence electrons. The van der Waals surface area contributed by atoms with E-state index in [1.807, 2.05) is 30.3 Å². The van der Waals surface area contributed by atoms with Crippen LogP contribution in [-0.4, -0.2) is 20.1 Å². The average molecular weight is 239 g/mol. The van der Waals surface area contributed by atoms with Gasteiger partial charge in [0.2, 0.25) is 0 Å². The van der Waals surface area contributed by atoms with Crippen molar-refractivity contribution in [2.24, 2.45) is 0 Å². The largest absolute Gasteiger partial charge is 0.385 e. The minimum absolute atomic E-state index is 0.524. The van der Waals surface area contributed by atoms with Crippen LogP contribution >= 0.6 is 0 Å². The van der Waals surface area contributed by atoms with Gasteiger partial charge in [-0.1, -0.05) is 18.2 Å². The average Bonchev–Trinajstić information content (AvgIpc) is 2.93. The third-order valence-corrected chi connectivity index (χ3v) is 2.99. The van der Waals surface area contributed by atoms with Gasteiger partial charge in [-0.2, -0.15) is 0 Å². The third kappa shape index (κ3) is 1.98. The number of nitrogens with one attached hydrogen (secondary N) is 1. The predicted octanol–water partition coefficient (Wildman–Crippen LogP) is 2.23. The van der Waals surface area contributed by atoms with E-state index in [9.17, 15) is 5.11 Å². The lowest BCUT2D eigenvalue weighted by Crippen LogP contribution is -2.04. The van der Waals surface area contributed by atoms with E-state index in [0.717, 1.165) is 16.5 Å². The number of imidazole rings is 1. The first-order valence-corrected chi connectivity index (χ1v) is 5.84. The summed E-state index contributed by atoms with van der Waals surface area (Å²) in [6.07, 6.45) is 5.03. The van der Waals surface area contributed by atoms with E-state index in [1.165, 1.54) is 0 Å². The molecule has 4 heteroatoms. The molecule has 2 N–H and O–H groups in total. The Balaban J connectivity index is 1.95. The molecular formula is C14H13N3O. The number of rotatable bonds is 3. The number of aromatic amines is 1. The number of hydrogen-bond acceptors (Lipinski definition) is 3. The molecule has 0 bridgehead atoms. The van der Waals surface area contributed by atoms with Crippen molar-refractivity contribution in [1.29, 1.82) is 0 Å². The van der Waals surface area contributed by atoms with Crippen LogP contribution in [0, 0.1) is 0 Å². The Morgan fingerprint density at radius 1 is 1.11 bits per heavy atom. The van der Waals surface area contributed by atoms with Crippen LogP contribution < -0.4 is 0 Å². The van der Waals surface area contributed by atoms with Crippen LogP contribution in [0.5, 0.6) is 0 Å². The summed E-state index contributed by atoms with van der Waals surface area (Å²) in [6.45, 7) is 0. The molecular weight excluding hydrogens is 226 g/mol. The normalized spacial score (nSPS) is 12.7. The van der Waals surface area contributed by atoms with E-state index in [4.69, 9.17) is 0 Å². The molecule has 1 unspecified atom stereocenters. The van der Waals surface area contributed by atoms with Gasteiger partial charge < -0.3 is 10.1 Å². The maximum atomic E-state index is 10.1. The summed E-state index contributed by atoms with van der Waals surface area (Å²) < 4.78 is 0. The van der Waals surface area contributed by atoms with Crippen molar-refractivity contribution in [3.05, 3.63) is 60.3 Å². The molecule has 0 aliphatic heterocycles. The second kappa shape index (κ2) is 4.58. The summed E-state index contributed by atoms with van der Waals surface area (Å²) >= 11 is 0. The van der Waals surface area contributed by atoms with Crippen molar-refractivity contribution in [1.82, 2.24) is 15.0 Å². The zero-order valence-corrected chi connectivity index (χ0v) is 9.74. The number of fused-ring (bicyclic) bond motifs is 1. The number of para-hydroxylation sites is 1. The van der Waals surface area contributed by atoms with Gasteiger partial charge in [0.1, 0.15) is 11.9 Å². The number of benzene rings is 1. The highest BCUT2D eigenvalue weighted by Crippen LogP contribution is 2.21. The lowest BCUT2D eigenvalue weighted by Gasteiger charge is -2.10. The maximum Gasteiger partial charge on any atom is 0.135 e. The molecule has 18 heavy (non-hydrogen) atoms. The summed E-state index contributed by atoms with van der Waals surface area (Å²) in [7, 11) is 0. The Morgan fingerprint density at radius 3 is 2.83 bits per heavy atom. The molecule has 2 heterocycles. The third-order valence-electron chi connectivity index (χ3n) is 2.99. The minimum Gasteiger partial charge on any atom is -0.385 e.